The first-order chi connectivity index (χ1) is 24.6. The molecule has 0 atom stereocenters. The molecule has 0 fully saturated rings. The Bertz CT molecular complexity index is 2870. The second kappa shape index (κ2) is 11.7. The van der Waals surface area contributed by atoms with Crippen LogP contribution in [0.25, 0.3) is 87.6 Å². The van der Waals surface area contributed by atoms with Gasteiger partial charge in [-0.25, -0.2) is 0 Å². The molecular weight excluding hydrogens is 607 g/mol. The molecule has 51 heavy (non-hydrogen) atoms. The fourth-order valence-electron chi connectivity index (χ4n) is 7.62. The van der Waals surface area contributed by atoms with Crippen LogP contribution in [0, 0.1) is 0 Å². The number of rotatable bonds is 3. The van der Waals surface area contributed by atoms with Crippen molar-refractivity contribution in [2.24, 2.45) is 0 Å². The summed E-state index contributed by atoms with van der Waals surface area (Å²) in [6, 6.07) is 36.6. The first-order valence-electron chi connectivity index (χ1n) is 16.4. The van der Waals surface area contributed by atoms with Crippen LogP contribution < -0.4 is 43.7 Å². The minimum absolute atomic E-state index is 0.165. The van der Waals surface area contributed by atoms with Crippen molar-refractivity contribution in [3.63, 3.8) is 0 Å². The van der Waals surface area contributed by atoms with Crippen LogP contribution in [0.2, 0.25) is 0 Å². The molecule has 0 aliphatic carbocycles. The van der Waals surface area contributed by atoms with Crippen LogP contribution in [0.1, 0.15) is 0 Å². The second-order valence-electron chi connectivity index (χ2n) is 13.0. The van der Waals surface area contributed by atoms with Crippen LogP contribution in [-0.2, 0) is 0 Å². The van der Waals surface area contributed by atoms with Gasteiger partial charge in [-0.05, 0) is 96.0 Å². The van der Waals surface area contributed by atoms with E-state index in [9.17, 15) is 0 Å². The Morgan fingerprint density at radius 2 is 0.745 bits per heavy atom. The van der Waals surface area contributed by atoms with Gasteiger partial charge in [-0.1, -0.05) is 101 Å². The maximum atomic E-state index is 6.95. The Kier molecular flexibility index (Phi) is 7.30. The van der Waals surface area contributed by atoms with Gasteiger partial charge in [0.05, 0.1) is 0 Å². The van der Waals surface area contributed by atoms with Gasteiger partial charge in [0, 0.05) is 10.8 Å². The van der Waals surface area contributed by atoms with Crippen molar-refractivity contribution in [2.45, 2.75) is 0 Å². The van der Waals surface area contributed by atoms with E-state index in [2.05, 4.69) is 42.5 Å². The Morgan fingerprint density at radius 3 is 1.31 bits per heavy atom. The maximum Gasteiger partial charge on any atom is 0.136 e. The highest BCUT2D eigenvalue weighted by molar-refractivity contribution is 6.71. The monoisotopic (exact) mass is 626 g/mol. The molecule has 9 rings (SSSR count). The van der Waals surface area contributed by atoms with Gasteiger partial charge in [0.1, 0.15) is 73.9 Å². The molecule has 0 saturated carbocycles. The van der Waals surface area contributed by atoms with Gasteiger partial charge < -0.3 is 4.42 Å². The van der Waals surface area contributed by atoms with E-state index in [1.807, 2.05) is 66.7 Å². The predicted octanol–water partition coefficient (Wildman–Crippen LogP) is 2.40. The normalized spacial score (nSPS) is 11.8. The fraction of sp³-hybridized carbons (Fsp3) is 0. The van der Waals surface area contributed by atoms with Crippen LogP contribution in [0.4, 0.5) is 0 Å². The summed E-state index contributed by atoms with van der Waals surface area (Å²) in [6.45, 7) is 0. The molecule has 0 spiro atoms. The minimum atomic E-state index is 0.165. The molecule has 9 aromatic rings. The molecule has 1 nitrogen and oxygen atoms in total. The van der Waals surface area contributed by atoms with Crippen LogP contribution in [0.5, 0.6) is 0 Å². The molecule has 9 heteroatoms. The van der Waals surface area contributed by atoms with Crippen molar-refractivity contribution < 1.29 is 4.42 Å². The standard InChI is InChI=1S/C42H18B8O/c43-35-31-29(23-13-12-21-16-20(10-11-22(21)17-23)19-6-2-1-3-7-19)32-34(38(46)42(50)40(48)36(32)44)30(33(31)37(45)41(49)39(35)47)24-14-15-26-25-8-4-5-9-27(25)51-28(26)18-24/h1-18H. The number of para-hydroxylation sites is 1. The molecule has 1 heterocycles. The van der Waals surface area contributed by atoms with E-state index in [1.165, 1.54) is 0 Å². The van der Waals surface area contributed by atoms with E-state index in [1.54, 1.807) is 0 Å². The van der Waals surface area contributed by atoms with Gasteiger partial charge in [-0.15, -0.1) is 21.9 Å². The minimum Gasteiger partial charge on any atom is -0.456 e. The lowest BCUT2D eigenvalue weighted by Gasteiger charge is -2.28. The predicted molar refractivity (Wildman–Crippen MR) is 226 cm³/mol. The maximum absolute atomic E-state index is 6.95. The third-order valence-electron chi connectivity index (χ3n) is 10.2. The lowest BCUT2D eigenvalue weighted by atomic mass is 9.59. The smallest absolute Gasteiger partial charge is 0.136 e. The Labute approximate surface area is 306 Å². The molecule has 16 radical (unpaired) electrons. The molecule has 0 aliphatic heterocycles. The van der Waals surface area contributed by atoms with E-state index in [0.29, 0.717) is 38.3 Å². The first-order valence-corrected chi connectivity index (χ1v) is 16.4. The summed E-state index contributed by atoms with van der Waals surface area (Å²) >= 11 is 0. The topological polar surface area (TPSA) is 13.1 Å². The number of hydrogen-bond acceptors (Lipinski definition) is 1. The lowest BCUT2D eigenvalue weighted by molar-refractivity contribution is 0.669. The van der Waals surface area contributed by atoms with E-state index >= 15 is 0 Å². The van der Waals surface area contributed by atoms with Gasteiger partial charge >= 0.3 is 0 Å². The molecular formula is C42H18B8O. The zero-order valence-corrected chi connectivity index (χ0v) is 27.4. The Hall–Kier alpha value is -5.14. The fourth-order valence-corrected chi connectivity index (χ4v) is 7.62. The quantitative estimate of drug-likeness (QED) is 0.218. The van der Waals surface area contributed by atoms with Crippen LogP contribution in [0.3, 0.4) is 0 Å². The molecule has 8 aromatic carbocycles. The van der Waals surface area contributed by atoms with Crippen molar-refractivity contribution >= 4 is 161 Å². The van der Waals surface area contributed by atoms with E-state index < -0.39 is 0 Å². The van der Waals surface area contributed by atoms with E-state index in [0.717, 1.165) is 49.4 Å². The third kappa shape index (κ3) is 4.67. The number of fused-ring (bicyclic) bond motifs is 6. The summed E-state index contributed by atoms with van der Waals surface area (Å²) in [5, 5.41) is 6.27. The highest BCUT2D eigenvalue weighted by atomic mass is 16.3. The SMILES string of the molecule is [B]c1c([B])c([B])c2c(-c3ccc4c(c3)oc3ccccc34)c3c([B])c([B])c([B])c([B])c3c(-c3ccc4cc(-c5ccccc5)ccc4c3)c2c1[B]. The molecule has 0 saturated heterocycles. The number of hydrogen-bond donors (Lipinski definition) is 0. The zero-order valence-electron chi connectivity index (χ0n) is 27.4. The van der Waals surface area contributed by atoms with Crippen molar-refractivity contribution in [2.75, 3.05) is 0 Å². The highest BCUT2D eigenvalue weighted by Gasteiger charge is 2.25. The second-order valence-corrected chi connectivity index (χ2v) is 13.0. The summed E-state index contributed by atoms with van der Waals surface area (Å²) < 4.78 is 6.30. The average molecular weight is 625 g/mol. The van der Waals surface area contributed by atoms with E-state index in [-0.39, 0.29) is 43.7 Å². The van der Waals surface area contributed by atoms with Crippen molar-refractivity contribution in [3.05, 3.63) is 109 Å². The van der Waals surface area contributed by atoms with E-state index in [4.69, 9.17) is 67.2 Å². The molecule has 0 amide bonds. The summed E-state index contributed by atoms with van der Waals surface area (Å²) in [4.78, 5) is 0. The third-order valence-corrected chi connectivity index (χ3v) is 10.2. The molecule has 0 bridgehead atoms. The summed E-state index contributed by atoms with van der Waals surface area (Å²) in [6.07, 6.45) is 0. The van der Waals surface area contributed by atoms with Gasteiger partial charge in [0.15, 0.2) is 0 Å². The molecule has 1 aromatic heterocycles. The van der Waals surface area contributed by atoms with Crippen LogP contribution in [0.15, 0.2) is 114 Å². The molecule has 0 unspecified atom stereocenters. The first kappa shape index (κ1) is 31.8. The van der Waals surface area contributed by atoms with Gasteiger partial charge in [-0.3, -0.25) is 0 Å². The molecule has 216 valence electrons. The van der Waals surface area contributed by atoms with Crippen molar-refractivity contribution in [3.8, 4) is 33.4 Å². The van der Waals surface area contributed by atoms with Crippen molar-refractivity contribution in [1.29, 1.82) is 0 Å². The summed E-state index contributed by atoms with van der Waals surface area (Å²) in [7, 11) is 54.1. The van der Waals surface area contributed by atoms with Crippen LogP contribution in [-0.4, -0.2) is 62.8 Å². The summed E-state index contributed by atoms with van der Waals surface area (Å²) in [5.41, 5.74) is 8.19. The largest absolute Gasteiger partial charge is 0.456 e. The molecule has 0 N–H and O–H groups in total. The van der Waals surface area contributed by atoms with Gasteiger partial charge in [0.25, 0.3) is 0 Å². The average Bonchev–Trinajstić information content (AvgIpc) is 3.54. The molecule has 0 aliphatic rings. The Morgan fingerprint density at radius 1 is 0.314 bits per heavy atom. The highest BCUT2D eigenvalue weighted by Crippen LogP contribution is 2.42. The summed E-state index contributed by atoms with van der Waals surface area (Å²) in [5.74, 6) is 0. The van der Waals surface area contributed by atoms with Gasteiger partial charge in [0.2, 0.25) is 0 Å². The van der Waals surface area contributed by atoms with Crippen LogP contribution >= 0.6 is 0 Å². The van der Waals surface area contributed by atoms with Gasteiger partial charge in [-0.2, -0.15) is 0 Å². The van der Waals surface area contributed by atoms with Crippen molar-refractivity contribution in [1.82, 2.24) is 0 Å². The lowest BCUT2D eigenvalue weighted by Crippen LogP contribution is -2.50. The zero-order chi connectivity index (χ0) is 35.3. The Balaban J connectivity index is 1.44. The number of benzene rings is 8. The number of furan rings is 1.